The van der Waals surface area contributed by atoms with E-state index in [0.29, 0.717) is 12.5 Å². The summed E-state index contributed by atoms with van der Waals surface area (Å²) in [5.41, 5.74) is -0.586. The molecule has 1 aliphatic carbocycles. The summed E-state index contributed by atoms with van der Waals surface area (Å²) in [7, 11) is 1.49. The van der Waals surface area contributed by atoms with Gasteiger partial charge in [-0.2, -0.15) is 0 Å². The first-order chi connectivity index (χ1) is 9.52. The summed E-state index contributed by atoms with van der Waals surface area (Å²) in [5, 5.41) is 16.2. The summed E-state index contributed by atoms with van der Waals surface area (Å²) in [6, 6.07) is 1.94. The van der Waals surface area contributed by atoms with Crippen LogP contribution in [0.2, 0.25) is 0 Å². The van der Waals surface area contributed by atoms with Crippen molar-refractivity contribution in [1.82, 2.24) is 5.32 Å². The molecule has 1 saturated carbocycles. The Bertz CT molecular complexity index is 544. The molecule has 0 atom stereocenters. The highest BCUT2D eigenvalue weighted by atomic mass is 19.1. The molecule has 2 N–H and O–H groups in total. The summed E-state index contributed by atoms with van der Waals surface area (Å²) >= 11 is 0. The number of nitro groups is 1. The van der Waals surface area contributed by atoms with Crippen molar-refractivity contribution in [2.75, 3.05) is 18.9 Å². The van der Waals surface area contributed by atoms with Crippen molar-refractivity contribution in [2.45, 2.75) is 19.3 Å². The van der Waals surface area contributed by atoms with Gasteiger partial charge in [0.2, 0.25) is 0 Å². The van der Waals surface area contributed by atoms with Crippen LogP contribution in [0.5, 0.6) is 0 Å². The Hall–Kier alpha value is -2.18. The van der Waals surface area contributed by atoms with Crippen LogP contribution in [-0.2, 0) is 0 Å². The second-order valence-corrected chi connectivity index (χ2v) is 4.86. The van der Waals surface area contributed by atoms with Gasteiger partial charge in [-0.1, -0.05) is 6.42 Å². The van der Waals surface area contributed by atoms with Gasteiger partial charge in [0.15, 0.2) is 5.82 Å². The van der Waals surface area contributed by atoms with Crippen molar-refractivity contribution in [3.8, 4) is 0 Å². The van der Waals surface area contributed by atoms with Gasteiger partial charge < -0.3 is 10.6 Å². The topological polar surface area (TPSA) is 84.3 Å². The molecule has 1 aliphatic rings. The number of carbonyl (C=O) groups is 1. The summed E-state index contributed by atoms with van der Waals surface area (Å²) in [6.07, 6.45) is 3.28. The zero-order chi connectivity index (χ0) is 14.7. The van der Waals surface area contributed by atoms with E-state index in [4.69, 9.17) is 0 Å². The summed E-state index contributed by atoms with van der Waals surface area (Å²) < 4.78 is 13.5. The standard InChI is InChI=1S/C13H16FN3O3/c1-15-11-5-9(12(17(19)20)6-10(11)14)13(18)16-7-8-3-2-4-8/h5-6,8,15H,2-4,7H2,1H3,(H,16,18). The fraction of sp³-hybridized carbons (Fsp3) is 0.462. The van der Waals surface area contributed by atoms with Crippen LogP contribution in [0.25, 0.3) is 0 Å². The number of nitrogens with one attached hydrogen (secondary N) is 2. The molecule has 2 rings (SSSR count). The maximum Gasteiger partial charge on any atom is 0.285 e. The smallest absolute Gasteiger partial charge is 0.285 e. The molecule has 0 unspecified atom stereocenters. The number of hydrogen-bond acceptors (Lipinski definition) is 4. The van der Waals surface area contributed by atoms with E-state index in [1.165, 1.54) is 13.1 Å². The third-order valence-electron chi connectivity index (χ3n) is 3.57. The number of halogens is 1. The van der Waals surface area contributed by atoms with Gasteiger partial charge in [0, 0.05) is 13.6 Å². The quantitative estimate of drug-likeness (QED) is 0.640. The molecule has 0 aromatic heterocycles. The molecular weight excluding hydrogens is 265 g/mol. The van der Waals surface area contributed by atoms with Crippen LogP contribution in [0.3, 0.4) is 0 Å². The van der Waals surface area contributed by atoms with Crippen molar-refractivity contribution in [3.05, 3.63) is 33.6 Å². The van der Waals surface area contributed by atoms with E-state index < -0.39 is 22.3 Å². The maximum absolute atomic E-state index is 13.5. The van der Waals surface area contributed by atoms with Gasteiger partial charge in [-0.15, -0.1) is 0 Å². The van der Waals surface area contributed by atoms with E-state index in [-0.39, 0.29) is 11.3 Å². The molecule has 7 heteroatoms. The summed E-state index contributed by atoms with van der Waals surface area (Å²) in [6.45, 7) is 0.502. The van der Waals surface area contributed by atoms with Crippen LogP contribution in [0.4, 0.5) is 15.8 Å². The number of rotatable bonds is 5. The van der Waals surface area contributed by atoms with Crippen molar-refractivity contribution in [1.29, 1.82) is 0 Å². The minimum absolute atomic E-state index is 0.0596. The number of nitrogens with zero attached hydrogens (tertiary/aromatic N) is 1. The minimum atomic E-state index is -0.755. The van der Waals surface area contributed by atoms with Gasteiger partial charge in [0.1, 0.15) is 5.56 Å². The van der Waals surface area contributed by atoms with Crippen LogP contribution < -0.4 is 10.6 Å². The van der Waals surface area contributed by atoms with E-state index in [0.717, 1.165) is 25.3 Å². The monoisotopic (exact) mass is 281 g/mol. The van der Waals surface area contributed by atoms with Gasteiger partial charge in [-0.3, -0.25) is 14.9 Å². The average Bonchev–Trinajstić information content (AvgIpc) is 2.36. The summed E-state index contributed by atoms with van der Waals surface area (Å²) in [4.78, 5) is 22.2. The second kappa shape index (κ2) is 5.85. The average molecular weight is 281 g/mol. The Balaban J connectivity index is 2.22. The van der Waals surface area contributed by atoms with Gasteiger partial charge >= 0.3 is 0 Å². The van der Waals surface area contributed by atoms with E-state index >= 15 is 0 Å². The molecule has 0 radical (unpaired) electrons. The Kier molecular flexibility index (Phi) is 4.16. The number of anilines is 1. The molecule has 0 heterocycles. The molecule has 1 fully saturated rings. The van der Waals surface area contributed by atoms with Gasteiger partial charge in [0.05, 0.1) is 16.7 Å². The molecule has 6 nitrogen and oxygen atoms in total. The molecule has 0 aliphatic heterocycles. The van der Waals surface area contributed by atoms with Crippen LogP contribution in [0.1, 0.15) is 29.6 Å². The second-order valence-electron chi connectivity index (χ2n) is 4.86. The van der Waals surface area contributed by atoms with Gasteiger partial charge in [0.25, 0.3) is 11.6 Å². The third kappa shape index (κ3) is 2.87. The zero-order valence-corrected chi connectivity index (χ0v) is 11.1. The van der Waals surface area contributed by atoms with E-state index in [1.54, 1.807) is 0 Å². The number of hydrogen-bond donors (Lipinski definition) is 2. The predicted molar refractivity (Wildman–Crippen MR) is 72.3 cm³/mol. The van der Waals surface area contributed by atoms with Crippen LogP contribution in [-0.4, -0.2) is 24.4 Å². The molecule has 108 valence electrons. The first-order valence-electron chi connectivity index (χ1n) is 6.46. The van der Waals surface area contributed by atoms with Crippen LogP contribution in [0, 0.1) is 21.8 Å². The molecular formula is C13H16FN3O3. The highest BCUT2D eigenvalue weighted by Crippen LogP contribution is 2.27. The highest BCUT2D eigenvalue weighted by molar-refractivity contribution is 5.99. The number of amides is 1. The Morgan fingerprint density at radius 2 is 2.20 bits per heavy atom. The number of nitro benzene ring substituents is 1. The van der Waals surface area contributed by atoms with E-state index in [2.05, 4.69) is 10.6 Å². The molecule has 20 heavy (non-hydrogen) atoms. The Labute approximate surface area is 115 Å². The number of carbonyl (C=O) groups excluding carboxylic acids is 1. The predicted octanol–water partition coefficient (Wildman–Crippen LogP) is 2.31. The molecule has 1 aromatic rings. The van der Waals surface area contributed by atoms with Crippen molar-refractivity contribution >= 4 is 17.3 Å². The van der Waals surface area contributed by atoms with Crippen LogP contribution >= 0.6 is 0 Å². The molecule has 1 amide bonds. The maximum atomic E-state index is 13.5. The normalized spacial score (nSPS) is 14.5. The Morgan fingerprint density at radius 3 is 2.70 bits per heavy atom. The molecule has 0 saturated heterocycles. The van der Waals surface area contributed by atoms with Crippen molar-refractivity contribution in [2.24, 2.45) is 5.92 Å². The summed E-state index contributed by atoms with van der Waals surface area (Å²) in [5.74, 6) is -0.850. The lowest BCUT2D eigenvalue weighted by Gasteiger charge is -2.25. The fourth-order valence-electron chi connectivity index (χ4n) is 2.12. The lowest BCUT2D eigenvalue weighted by molar-refractivity contribution is -0.385. The van der Waals surface area contributed by atoms with E-state index in [1.807, 2.05) is 0 Å². The van der Waals surface area contributed by atoms with Crippen molar-refractivity contribution < 1.29 is 14.1 Å². The van der Waals surface area contributed by atoms with Gasteiger partial charge in [-0.05, 0) is 24.8 Å². The molecule has 0 spiro atoms. The zero-order valence-electron chi connectivity index (χ0n) is 11.1. The number of benzene rings is 1. The first kappa shape index (κ1) is 14.2. The SMILES string of the molecule is CNc1cc(C(=O)NCC2CCC2)c([N+](=O)[O-])cc1F. The third-order valence-corrected chi connectivity index (χ3v) is 3.57. The lowest BCUT2D eigenvalue weighted by atomic mass is 9.85. The van der Waals surface area contributed by atoms with Crippen LogP contribution in [0.15, 0.2) is 12.1 Å². The fourth-order valence-corrected chi connectivity index (χ4v) is 2.12. The first-order valence-corrected chi connectivity index (χ1v) is 6.46. The molecule has 1 aromatic carbocycles. The lowest BCUT2D eigenvalue weighted by Crippen LogP contribution is -2.32. The van der Waals surface area contributed by atoms with Crippen molar-refractivity contribution in [3.63, 3.8) is 0 Å². The van der Waals surface area contributed by atoms with Gasteiger partial charge in [-0.25, -0.2) is 4.39 Å². The van der Waals surface area contributed by atoms with E-state index in [9.17, 15) is 19.3 Å². The largest absolute Gasteiger partial charge is 0.386 e. The minimum Gasteiger partial charge on any atom is -0.386 e. The Morgan fingerprint density at radius 1 is 1.50 bits per heavy atom. The molecule has 0 bridgehead atoms. The highest BCUT2D eigenvalue weighted by Gasteiger charge is 2.25.